The van der Waals surface area contributed by atoms with Gasteiger partial charge in [-0.2, -0.15) is 0 Å². The Morgan fingerprint density at radius 1 is 0.500 bits per heavy atom. The Balaban J connectivity index is 0.000000133. The zero-order chi connectivity index (χ0) is 41.2. The molecule has 14 heteroatoms. The van der Waals surface area contributed by atoms with Gasteiger partial charge in [0.1, 0.15) is 80.1 Å². The molecule has 0 saturated heterocycles. The molecular formula is C44H33Br3O11. The van der Waals surface area contributed by atoms with Gasteiger partial charge in [0.25, 0.3) is 0 Å². The van der Waals surface area contributed by atoms with Crippen LogP contribution in [0.2, 0.25) is 0 Å². The predicted molar refractivity (Wildman–Crippen MR) is 225 cm³/mol. The van der Waals surface area contributed by atoms with Gasteiger partial charge in [-0.15, -0.1) is 0 Å². The lowest BCUT2D eigenvalue weighted by Gasteiger charge is -2.13. The molecule has 6 aromatic rings. The van der Waals surface area contributed by atoms with E-state index in [1.54, 1.807) is 31.4 Å². The van der Waals surface area contributed by atoms with Crippen molar-refractivity contribution in [3.63, 3.8) is 0 Å². The number of rotatable bonds is 2. The molecular weight excluding hydrogens is 944 g/mol. The fourth-order valence-corrected chi connectivity index (χ4v) is 7.63. The van der Waals surface area contributed by atoms with Crippen LogP contribution in [-0.4, -0.2) is 46.2 Å². The van der Waals surface area contributed by atoms with Crippen LogP contribution in [0, 0.1) is 0 Å². The molecule has 0 saturated carbocycles. The molecule has 3 aliphatic rings. The number of benzene rings is 6. The summed E-state index contributed by atoms with van der Waals surface area (Å²) in [7, 11) is 3.08. The third-order valence-electron chi connectivity index (χ3n) is 9.38. The maximum atomic E-state index is 12.5. The Labute approximate surface area is 357 Å². The maximum Gasteiger partial charge on any atom is 0.174 e. The molecule has 0 radical (unpaired) electrons. The Morgan fingerprint density at radius 3 is 1.55 bits per heavy atom. The Kier molecular flexibility index (Phi) is 11.9. The molecule has 3 aliphatic heterocycles. The highest BCUT2D eigenvalue weighted by atomic mass is 79.9. The number of phenols is 4. The number of aryl methyl sites for hydroxylation is 1. The van der Waals surface area contributed by atoms with E-state index < -0.39 is 0 Å². The Morgan fingerprint density at radius 2 is 0.983 bits per heavy atom. The first-order valence-electron chi connectivity index (χ1n) is 17.6. The summed E-state index contributed by atoms with van der Waals surface area (Å²) in [5.41, 5.74) is 3.97. The lowest BCUT2D eigenvalue weighted by molar-refractivity contribution is 0.0982. The number of phenolic OH excluding ortho intramolecular Hbond substituents is 4. The minimum Gasteiger partial charge on any atom is -0.508 e. The molecule has 58 heavy (non-hydrogen) atoms. The molecule has 0 aromatic heterocycles. The number of methoxy groups -OCH3 is 2. The van der Waals surface area contributed by atoms with E-state index in [2.05, 4.69) is 47.8 Å². The van der Waals surface area contributed by atoms with Gasteiger partial charge < -0.3 is 44.1 Å². The molecule has 0 spiro atoms. The van der Waals surface area contributed by atoms with Gasteiger partial charge in [0.15, 0.2) is 11.6 Å². The van der Waals surface area contributed by atoms with E-state index >= 15 is 0 Å². The number of carbonyl (C=O) groups excluding carboxylic acids is 2. The Bertz CT molecular complexity index is 2610. The lowest BCUT2D eigenvalue weighted by atomic mass is 10.0. The molecule has 0 fully saturated rings. The Hall–Kier alpha value is -5.70. The van der Waals surface area contributed by atoms with E-state index in [0.29, 0.717) is 46.5 Å². The van der Waals surface area contributed by atoms with E-state index in [-0.39, 0.29) is 58.7 Å². The lowest BCUT2D eigenvalue weighted by Crippen LogP contribution is -2.05. The van der Waals surface area contributed by atoms with Crippen molar-refractivity contribution >= 4 is 59.4 Å². The predicted octanol–water partition coefficient (Wildman–Crippen LogP) is 11.1. The number of ether oxygens (including phenoxy) is 5. The summed E-state index contributed by atoms with van der Waals surface area (Å²) in [5.74, 6) is 3.51. The topological polar surface area (TPSA) is 161 Å². The number of hydrogen-bond donors (Lipinski definition) is 4. The van der Waals surface area contributed by atoms with Gasteiger partial charge in [0.05, 0.1) is 14.2 Å². The van der Waals surface area contributed by atoms with Crippen molar-refractivity contribution < 1.29 is 53.7 Å². The molecule has 0 aliphatic carbocycles. The molecule has 11 nitrogen and oxygen atoms in total. The van der Waals surface area contributed by atoms with Gasteiger partial charge in [-0.1, -0.05) is 66.0 Å². The highest BCUT2D eigenvalue weighted by Crippen LogP contribution is 2.44. The highest BCUT2D eigenvalue weighted by molar-refractivity contribution is 9.11. The van der Waals surface area contributed by atoms with Crippen LogP contribution in [-0.2, 0) is 25.7 Å². The maximum absolute atomic E-state index is 12.5. The largest absolute Gasteiger partial charge is 0.508 e. The van der Waals surface area contributed by atoms with E-state index in [0.717, 1.165) is 53.9 Å². The van der Waals surface area contributed by atoms with E-state index in [9.17, 15) is 30.0 Å². The summed E-state index contributed by atoms with van der Waals surface area (Å²) in [6, 6.07) is 25.6. The molecule has 0 unspecified atom stereocenters. The zero-order valence-corrected chi connectivity index (χ0v) is 35.5. The number of Topliss-reactive ketones (excluding diaryl/α,β-unsaturated/α-hetero) is 2. The summed E-state index contributed by atoms with van der Waals surface area (Å²) < 4.78 is 30.6. The average molecular weight is 977 g/mol. The van der Waals surface area contributed by atoms with Crippen molar-refractivity contribution in [3.8, 4) is 69.0 Å². The third kappa shape index (κ3) is 8.74. The average Bonchev–Trinajstić information content (AvgIpc) is 3.51. The van der Waals surface area contributed by atoms with Crippen LogP contribution in [0.25, 0.3) is 0 Å². The third-order valence-corrected chi connectivity index (χ3v) is 10.9. The molecule has 0 amide bonds. The van der Waals surface area contributed by atoms with Gasteiger partial charge in [0.2, 0.25) is 0 Å². The van der Waals surface area contributed by atoms with Gasteiger partial charge in [0, 0.05) is 79.3 Å². The minimum absolute atomic E-state index is 0.00435. The quantitative estimate of drug-likeness (QED) is 0.131. The summed E-state index contributed by atoms with van der Waals surface area (Å²) in [6.45, 7) is 0. The molecule has 4 N–H and O–H groups in total. The van der Waals surface area contributed by atoms with Crippen LogP contribution in [0.15, 0.2) is 104 Å². The van der Waals surface area contributed by atoms with Crippen molar-refractivity contribution in [1.82, 2.24) is 0 Å². The SMILES string of the molecule is COc1cc(OC)c2c(c1)Oc1cc(Br)ccc1CC2=O.O=C1Cc2ccc(Br)cc2Oc2cc(O)cc(O)c21.Oc1cc(O)c2c(c1)Oc1cc(Br)ccc1CC2. The fraction of sp³-hybridized carbons (Fsp3) is 0.136. The monoisotopic (exact) mass is 974 g/mol. The summed E-state index contributed by atoms with van der Waals surface area (Å²) in [6.07, 6.45) is 1.91. The second-order valence-corrected chi connectivity index (χ2v) is 16.0. The van der Waals surface area contributed by atoms with E-state index in [4.69, 9.17) is 23.7 Å². The van der Waals surface area contributed by atoms with Crippen molar-refractivity contribution in [3.05, 3.63) is 138 Å². The van der Waals surface area contributed by atoms with Gasteiger partial charge in [-0.05, 0) is 54.8 Å². The number of carbonyl (C=O) groups is 2. The van der Waals surface area contributed by atoms with Crippen LogP contribution < -0.4 is 23.7 Å². The fourth-order valence-electron chi connectivity index (χ4n) is 6.61. The first kappa shape index (κ1) is 40.5. The van der Waals surface area contributed by atoms with Crippen molar-refractivity contribution in [2.24, 2.45) is 0 Å². The normalized spacial score (nSPS) is 13.1. The van der Waals surface area contributed by atoms with Gasteiger partial charge in [-0.25, -0.2) is 0 Å². The second kappa shape index (κ2) is 17.0. The molecule has 9 rings (SSSR count). The minimum atomic E-state index is -0.271. The zero-order valence-electron chi connectivity index (χ0n) is 30.8. The van der Waals surface area contributed by atoms with Crippen molar-refractivity contribution in [1.29, 1.82) is 0 Å². The van der Waals surface area contributed by atoms with Crippen molar-refractivity contribution in [2.75, 3.05) is 14.2 Å². The summed E-state index contributed by atoms with van der Waals surface area (Å²) >= 11 is 10.2. The molecule has 6 aromatic carbocycles. The highest BCUT2D eigenvalue weighted by Gasteiger charge is 2.27. The number of halogens is 3. The van der Waals surface area contributed by atoms with Gasteiger partial charge in [-0.3, -0.25) is 9.59 Å². The van der Waals surface area contributed by atoms with Crippen LogP contribution >= 0.6 is 47.8 Å². The molecule has 0 atom stereocenters. The molecule has 0 bridgehead atoms. The standard InChI is InChI=1S/C16H13BrO4.C14H9BrO4.C14H11BrO3/c1-19-11-7-14(20-2)16-12(18)5-9-3-4-10(17)6-13(9)21-15(16)8-11;15-8-2-1-7-3-10(17)14-11(18)5-9(16)6-13(14)19-12(7)4-8;15-9-3-1-8-2-4-11-12(17)6-10(16)7-14(11)18-13(8)5-9/h3-4,6-8H,5H2,1-2H3;1-2,4-6,16,18H,3H2;1,3,5-7,16-17H,2,4H2. The van der Waals surface area contributed by atoms with Crippen LogP contribution in [0.1, 0.15) is 43.0 Å². The molecule has 3 heterocycles. The summed E-state index contributed by atoms with van der Waals surface area (Å²) in [5, 5.41) is 38.6. The first-order valence-corrected chi connectivity index (χ1v) is 20.0. The first-order chi connectivity index (χ1) is 27.8. The number of fused-ring (bicyclic) bond motifs is 6. The van der Waals surface area contributed by atoms with E-state index in [1.807, 2.05) is 42.5 Å². The number of ketones is 2. The van der Waals surface area contributed by atoms with E-state index in [1.165, 1.54) is 25.3 Å². The van der Waals surface area contributed by atoms with Crippen LogP contribution in [0.3, 0.4) is 0 Å². The smallest absolute Gasteiger partial charge is 0.174 e. The van der Waals surface area contributed by atoms with Crippen LogP contribution in [0.5, 0.6) is 69.0 Å². The number of aromatic hydroxyl groups is 4. The van der Waals surface area contributed by atoms with Gasteiger partial charge >= 0.3 is 0 Å². The van der Waals surface area contributed by atoms with Crippen LogP contribution in [0.4, 0.5) is 0 Å². The summed E-state index contributed by atoms with van der Waals surface area (Å²) in [4.78, 5) is 24.7. The molecule has 296 valence electrons. The number of hydrogen-bond acceptors (Lipinski definition) is 11. The second-order valence-electron chi connectivity index (χ2n) is 13.2. The van der Waals surface area contributed by atoms with Crippen molar-refractivity contribution in [2.45, 2.75) is 25.7 Å².